The van der Waals surface area contributed by atoms with Gasteiger partial charge in [0.15, 0.2) is 4.96 Å². The molecule has 2 amide bonds. The zero-order valence-corrected chi connectivity index (χ0v) is 21.6. The lowest BCUT2D eigenvalue weighted by Crippen LogP contribution is -2.49. The molecule has 35 heavy (non-hydrogen) atoms. The molecule has 0 atom stereocenters. The van der Waals surface area contributed by atoms with Gasteiger partial charge in [-0.1, -0.05) is 49.1 Å². The van der Waals surface area contributed by atoms with Gasteiger partial charge in [0.25, 0.3) is 0 Å². The Morgan fingerprint density at radius 2 is 1.91 bits per heavy atom. The third kappa shape index (κ3) is 6.23. The minimum atomic E-state index is 0.0857. The van der Waals surface area contributed by atoms with Crippen LogP contribution in [-0.4, -0.2) is 77.2 Å². The highest BCUT2D eigenvalue weighted by Crippen LogP contribution is 2.24. The molecule has 1 aliphatic heterocycles. The molecular formula is C27H37N5O2S. The number of nitrogens with one attached hydrogen (secondary N) is 1. The van der Waals surface area contributed by atoms with Crippen molar-refractivity contribution in [3.8, 4) is 11.3 Å². The number of aromatic nitrogens is 2. The summed E-state index contributed by atoms with van der Waals surface area (Å²) in [4.78, 5) is 23.5. The first-order valence-corrected chi connectivity index (χ1v) is 13.9. The molecule has 2 aromatic heterocycles. The molecule has 3 heterocycles. The summed E-state index contributed by atoms with van der Waals surface area (Å²) in [5, 5.41) is 5.51. The number of thiazole rings is 1. The molecule has 188 valence electrons. The molecule has 0 spiro atoms. The van der Waals surface area contributed by atoms with E-state index in [-0.39, 0.29) is 6.03 Å². The highest BCUT2D eigenvalue weighted by Gasteiger charge is 2.22. The van der Waals surface area contributed by atoms with Crippen LogP contribution >= 0.6 is 11.3 Å². The first-order valence-electron chi connectivity index (χ1n) is 13.0. The van der Waals surface area contributed by atoms with Crippen LogP contribution < -0.4 is 5.32 Å². The number of hydrogen-bond acceptors (Lipinski definition) is 5. The van der Waals surface area contributed by atoms with Gasteiger partial charge in [0.1, 0.15) is 0 Å². The van der Waals surface area contributed by atoms with E-state index in [2.05, 4.69) is 57.4 Å². The number of carbonyl (C=O) groups is 1. The normalized spacial score (nSPS) is 17.6. The lowest BCUT2D eigenvalue weighted by molar-refractivity contribution is 0.0349. The topological polar surface area (TPSA) is 62.1 Å². The Hall–Kier alpha value is -2.42. The average Bonchev–Trinajstić information content (AvgIpc) is 3.47. The van der Waals surface area contributed by atoms with E-state index in [4.69, 9.17) is 9.72 Å². The Morgan fingerprint density at radius 1 is 1.14 bits per heavy atom. The van der Waals surface area contributed by atoms with Crippen LogP contribution in [0.2, 0.25) is 0 Å². The number of morpholine rings is 1. The number of fused-ring (bicyclic) bond motifs is 1. The predicted octanol–water partition coefficient (Wildman–Crippen LogP) is 4.59. The molecule has 1 N–H and O–H groups in total. The Labute approximate surface area is 212 Å². The smallest absolute Gasteiger partial charge is 0.317 e. The largest absolute Gasteiger partial charge is 0.379 e. The van der Waals surface area contributed by atoms with Crippen molar-refractivity contribution in [2.45, 2.75) is 51.5 Å². The van der Waals surface area contributed by atoms with Crippen LogP contribution in [0.4, 0.5) is 4.79 Å². The molecule has 0 radical (unpaired) electrons. The number of rotatable bonds is 8. The van der Waals surface area contributed by atoms with Crippen molar-refractivity contribution in [2.24, 2.45) is 0 Å². The average molecular weight is 496 g/mol. The Morgan fingerprint density at radius 3 is 2.69 bits per heavy atom. The zero-order valence-electron chi connectivity index (χ0n) is 20.7. The summed E-state index contributed by atoms with van der Waals surface area (Å²) in [6.45, 7) is 7.89. The van der Waals surface area contributed by atoms with E-state index in [0.717, 1.165) is 74.9 Å². The van der Waals surface area contributed by atoms with Gasteiger partial charge in [-0.2, -0.15) is 0 Å². The van der Waals surface area contributed by atoms with E-state index in [9.17, 15) is 4.79 Å². The quantitative estimate of drug-likeness (QED) is 0.497. The van der Waals surface area contributed by atoms with Crippen LogP contribution in [0, 0.1) is 6.92 Å². The van der Waals surface area contributed by atoms with Gasteiger partial charge in [-0.15, -0.1) is 11.3 Å². The molecule has 8 heteroatoms. The van der Waals surface area contributed by atoms with Crippen molar-refractivity contribution in [3.05, 3.63) is 47.1 Å². The fourth-order valence-corrected chi connectivity index (χ4v) is 5.94. The summed E-state index contributed by atoms with van der Waals surface area (Å²) in [6.07, 6.45) is 8.87. The Balaban J connectivity index is 1.26. The zero-order chi connectivity index (χ0) is 24.0. The number of carbonyl (C=O) groups excluding carboxylic acids is 1. The van der Waals surface area contributed by atoms with Gasteiger partial charge in [0.2, 0.25) is 0 Å². The number of hydrogen-bond donors (Lipinski definition) is 1. The summed E-state index contributed by atoms with van der Waals surface area (Å²) in [5.41, 5.74) is 4.59. The van der Waals surface area contributed by atoms with Gasteiger partial charge < -0.3 is 15.0 Å². The van der Waals surface area contributed by atoms with Gasteiger partial charge in [-0.05, 0) is 19.8 Å². The van der Waals surface area contributed by atoms with Crippen molar-refractivity contribution < 1.29 is 9.53 Å². The fourth-order valence-electron chi connectivity index (χ4n) is 5.04. The standard InChI is InChI=1S/C27H37N5O2S/c1-21-7-9-22(10-8-21)25-19-32-24(20-35-27(32)29-25)11-12-31(14-13-30-15-17-34-18-16-30)26(33)28-23-5-3-2-4-6-23/h7-10,19-20,23H,2-6,11-18H2,1H3,(H,28,33). The second-order valence-corrected chi connectivity index (χ2v) is 10.7. The Kier molecular flexibility index (Phi) is 8.01. The van der Waals surface area contributed by atoms with Crippen molar-refractivity contribution in [3.63, 3.8) is 0 Å². The molecule has 1 saturated carbocycles. The fraction of sp³-hybridized carbons (Fsp3) is 0.556. The second-order valence-electron chi connectivity index (χ2n) is 9.85. The maximum atomic E-state index is 13.3. The molecule has 7 nitrogen and oxygen atoms in total. The first kappa shape index (κ1) is 24.3. The number of urea groups is 1. The van der Waals surface area contributed by atoms with Gasteiger partial charge in [-0.25, -0.2) is 9.78 Å². The van der Waals surface area contributed by atoms with Crippen LogP contribution in [0.15, 0.2) is 35.8 Å². The van der Waals surface area contributed by atoms with Crippen molar-refractivity contribution >= 4 is 22.3 Å². The van der Waals surface area contributed by atoms with Gasteiger partial charge in [0, 0.05) is 68.0 Å². The van der Waals surface area contributed by atoms with Crippen LogP contribution in [0.25, 0.3) is 16.2 Å². The van der Waals surface area contributed by atoms with E-state index < -0.39 is 0 Å². The number of aryl methyl sites for hydroxylation is 1. The SMILES string of the molecule is Cc1ccc(-c2cn3c(CCN(CCN4CCOCC4)C(=O)NC4CCCCC4)csc3n2)cc1. The molecule has 1 saturated heterocycles. The summed E-state index contributed by atoms with van der Waals surface area (Å²) in [7, 11) is 0. The predicted molar refractivity (Wildman–Crippen MR) is 141 cm³/mol. The van der Waals surface area contributed by atoms with Crippen molar-refractivity contribution in [1.29, 1.82) is 0 Å². The first-order chi connectivity index (χ1) is 17.2. The molecule has 5 rings (SSSR count). The van der Waals surface area contributed by atoms with Crippen LogP contribution in [-0.2, 0) is 11.2 Å². The monoisotopic (exact) mass is 495 g/mol. The molecule has 2 fully saturated rings. The van der Waals surface area contributed by atoms with Gasteiger partial charge >= 0.3 is 6.03 Å². The van der Waals surface area contributed by atoms with Gasteiger partial charge in [-0.3, -0.25) is 9.30 Å². The van der Waals surface area contributed by atoms with E-state index in [0.29, 0.717) is 12.6 Å². The van der Waals surface area contributed by atoms with E-state index in [1.165, 1.54) is 30.5 Å². The van der Waals surface area contributed by atoms with Crippen molar-refractivity contribution in [2.75, 3.05) is 45.9 Å². The van der Waals surface area contributed by atoms with Gasteiger partial charge in [0.05, 0.1) is 18.9 Å². The molecule has 1 aromatic carbocycles. The maximum Gasteiger partial charge on any atom is 0.317 e. The highest BCUT2D eigenvalue weighted by atomic mass is 32.1. The lowest BCUT2D eigenvalue weighted by atomic mass is 9.96. The summed E-state index contributed by atoms with van der Waals surface area (Å²) < 4.78 is 7.68. The van der Waals surface area contributed by atoms with E-state index in [1.807, 2.05) is 4.90 Å². The van der Waals surface area contributed by atoms with E-state index >= 15 is 0 Å². The number of benzene rings is 1. The number of ether oxygens (including phenoxy) is 1. The van der Waals surface area contributed by atoms with E-state index in [1.54, 1.807) is 11.3 Å². The highest BCUT2D eigenvalue weighted by molar-refractivity contribution is 7.15. The summed E-state index contributed by atoms with van der Waals surface area (Å²) in [5.74, 6) is 0. The maximum absolute atomic E-state index is 13.3. The molecule has 3 aromatic rings. The Bertz CT molecular complexity index is 1100. The summed E-state index contributed by atoms with van der Waals surface area (Å²) >= 11 is 1.67. The number of nitrogens with zero attached hydrogens (tertiary/aromatic N) is 4. The molecular weight excluding hydrogens is 458 g/mol. The van der Waals surface area contributed by atoms with Crippen molar-refractivity contribution in [1.82, 2.24) is 24.5 Å². The minimum absolute atomic E-state index is 0.0857. The number of amides is 2. The third-order valence-corrected chi connectivity index (χ3v) is 8.17. The second kappa shape index (κ2) is 11.5. The summed E-state index contributed by atoms with van der Waals surface area (Å²) in [6, 6.07) is 8.92. The van der Waals surface area contributed by atoms with Crippen LogP contribution in [0.3, 0.4) is 0 Å². The molecule has 2 aliphatic rings. The molecule has 1 aliphatic carbocycles. The lowest BCUT2D eigenvalue weighted by Gasteiger charge is -2.32. The van der Waals surface area contributed by atoms with Crippen LogP contribution in [0.1, 0.15) is 43.4 Å². The minimum Gasteiger partial charge on any atom is -0.379 e. The third-order valence-electron chi connectivity index (χ3n) is 7.28. The number of imidazole rings is 1. The molecule has 0 unspecified atom stereocenters. The molecule has 0 bridgehead atoms. The van der Waals surface area contributed by atoms with Crippen LogP contribution in [0.5, 0.6) is 0 Å².